The van der Waals surface area contributed by atoms with Gasteiger partial charge >= 0.3 is 0 Å². The van der Waals surface area contributed by atoms with Crippen molar-refractivity contribution in [3.05, 3.63) is 34.1 Å². The molecule has 1 atom stereocenters. The van der Waals surface area contributed by atoms with E-state index in [1.807, 2.05) is 19.9 Å². The summed E-state index contributed by atoms with van der Waals surface area (Å²) in [7, 11) is 0. The highest BCUT2D eigenvalue weighted by molar-refractivity contribution is 9.24. The number of halogens is 4. The third kappa shape index (κ3) is 11.7. The van der Waals surface area contributed by atoms with Crippen LogP contribution < -0.4 is 0 Å². The molecule has 0 rings (SSSR count). The van der Waals surface area contributed by atoms with Gasteiger partial charge < -0.3 is 9.47 Å². The Kier molecular flexibility index (Phi) is 13.3. The minimum absolute atomic E-state index is 0.112. The van der Waals surface area contributed by atoms with E-state index in [-0.39, 0.29) is 14.3 Å². The van der Waals surface area contributed by atoms with Crippen LogP contribution in [0.5, 0.6) is 0 Å². The molecule has 0 bridgehead atoms. The summed E-state index contributed by atoms with van der Waals surface area (Å²) >= 11 is 18.1. The van der Waals surface area contributed by atoms with Gasteiger partial charge in [-0.25, -0.2) is 0 Å². The summed E-state index contributed by atoms with van der Waals surface area (Å²) in [5, 5.41) is 0. The Labute approximate surface area is 154 Å². The average molecular weight is 465 g/mol. The van der Waals surface area contributed by atoms with Crippen molar-refractivity contribution in [2.45, 2.75) is 37.5 Å². The summed E-state index contributed by atoms with van der Waals surface area (Å²) in [5.41, 5.74) is 1.11. The maximum Gasteiger partial charge on any atom is 0.167 e. The standard InChI is InChI=1S/C15H22Br2Cl2O2/c1-4-13(20-5-2)10-12(11(3)9-14(18)19)7-6-8-21-15(16)17/h7,9-11,15H,4-6,8H2,1-3H3. The number of hydrogen-bond donors (Lipinski definition) is 0. The molecule has 0 heterocycles. The maximum atomic E-state index is 5.76. The number of hydrogen-bond acceptors (Lipinski definition) is 2. The highest BCUT2D eigenvalue weighted by atomic mass is 79.9. The van der Waals surface area contributed by atoms with Crippen LogP contribution in [0, 0.1) is 5.92 Å². The Hall–Kier alpha value is 0.520. The minimum atomic E-state index is -0.123. The highest BCUT2D eigenvalue weighted by Crippen LogP contribution is 2.22. The monoisotopic (exact) mass is 462 g/mol. The van der Waals surface area contributed by atoms with Crippen molar-refractivity contribution < 1.29 is 9.47 Å². The van der Waals surface area contributed by atoms with E-state index in [9.17, 15) is 0 Å². The zero-order valence-electron chi connectivity index (χ0n) is 12.5. The van der Waals surface area contributed by atoms with Crippen molar-refractivity contribution in [3.8, 4) is 0 Å². The largest absolute Gasteiger partial charge is 0.498 e. The van der Waals surface area contributed by atoms with Crippen LogP contribution in [0.4, 0.5) is 0 Å². The van der Waals surface area contributed by atoms with Gasteiger partial charge in [-0.05, 0) is 62.9 Å². The molecule has 2 nitrogen and oxygen atoms in total. The molecule has 1 unspecified atom stereocenters. The van der Waals surface area contributed by atoms with Crippen LogP contribution in [0.25, 0.3) is 0 Å². The summed E-state index contributed by atoms with van der Waals surface area (Å²) in [4.78, 5) is 0. The van der Waals surface area contributed by atoms with Gasteiger partial charge in [0.1, 0.15) is 4.49 Å². The number of rotatable bonds is 10. The summed E-state index contributed by atoms with van der Waals surface area (Å²) in [6.45, 7) is 7.36. The quantitative estimate of drug-likeness (QED) is 0.155. The van der Waals surface area contributed by atoms with Crippen LogP contribution in [0.1, 0.15) is 33.6 Å². The topological polar surface area (TPSA) is 18.5 Å². The number of alkyl halides is 2. The summed E-state index contributed by atoms with van der Waals surface area (Å²) in [6.07, 6.45) is 7.62. The fourth-order valence-electron chi connectivity index (χ4n) is 1.66. The van der Waals surface area contributed by atoms with E-state index in [0.29, 0.717) is 13.2 Å². The lowest BCUT2D eigenvalue weighted by Crippen LogP contribution is -2.00. The van der Waals surface area contributed by atoms with E-state index >= 15 is 0 Å². The first-order chi connectivity index (χ1) is 9.90. The third-order valence-corrected chi connectivity index (χ3v) is 3.43. The second kappa shape index (κ2) is 13.0. The molecule has 0 radical (unpaired) electrons. The highest BCUT2D eigenvalue weighted by Gasteiger charge is 2.07. The molecular formula is C15H22Br2Cl2O2. The van der Waals surface area contributed by atoms with Crippen molar-refractivity contribution in [1.82, 2.24) is 0 Å². The molecule has 0 amide bonds. The maximum absolute atomic E-state index is 5.76. The Bertz CT molecular complexity index is 376. The van der Waals surface area contributed by atoms with Gasteiger partial charge in [-0.3, -0.25) is 0 Å². The molecule has 0 aliphatic rings. The van der Waals surface area contributed by atoms with Crippen LogP contribution in [0.2, 0.25) is 0 Å². The van der Waals surface area contributed by atoms with Gasteiger partial charge in [-0.2, -0.15) is 0 Å². The molecule has 0 aliphatic heterocycles. The lowest BCUT2D eigenvalue weighted by molar-refractivity contribution is 0.175. The van der Waals surface area contributed by atoms with E-state index in [0.717, 1.165) is 24.2 Å². The molecule has 0 aliphatic carbocycles. The van der Waals surface area contributed by atoms with Gasteiger partial charge in [-0.1, -0.05) is 43.1 Å². The SMILES string of the molecule is CCOC(=CC(=CCCOC(Br)Br)C(C)C=C(Cl)Cl)CC. The van der Waals surface area contributed by atoms with Crippen molar-refractivity contribution in [2.75, 3.05) is 13.2 Å². The molecule has 122 valence electrons. The molecule has 0 spiro atoms. The molecule has 21 heavy (non-hydrogen) atoms. The predicted octanol–water partition coefficient (Wildman–Crippen LogP) is 6.68. The van der Waals surface area contributed by atoms with E-state index < -0.39 is 0 Å². The summed E-state index contributed by atoms with van der Waals surface area (Å²) in [6, 6.07) is 0. The minimum Gasteiger partial charge on any atom is -0.498 e. The predicted molar refractivity (Wildman–Crippen MR) is 99.2 cm³/mol. The fourth-order valence-corrected chi connectivity index (χ4v) is 2.41. The molecule has 0 fully saturated rings. The molecule has 0 saturated heterocycles. The molecule has 0 N–H and O–H groups in total. The zero-order valence-corrected chi connectivity index (χ0v) is 17.2. The van der Waals surface area contributed by atoms with E-state index in [1.54, 1.807) is 0 Å². The Morgan fingerprint density at radius 2 is 1.90 bits per heavy atom. The van der Waals surface area contributed by atoms with Crippen molar-refractivity contribution in [2.24, 2.45) is 5.92 Å². The molecule has 0 saturated carbocycles. The van der Waals surface area contributed by atoms with E-state index in [2.05, 4.69) is 50.9 Å². The van der Waals surface area contributed by atoms with Crippen LogP contribution in [0.15, 0.2) is 34.1 Å². The summed E-state index contributed by atoms with van der Waals surface area (Å²) < 4.78 is 11.2. The first kappa shape index (κ1) is 21.5. The second-order valence-electron chi connectivity index (χ2n) is 4.27. The smallest absolute Gasteiger partial charge is 0.167 e. The van der Waals surface area contributed by atoms with Gasteiger partial charge in [0.2, 0.25) is 0 Å². The normalized spacial score (nSPS) is 14.3. The van der Waals surface area contributed by atoms with E-state index in [4.69, 9.17) is 32.7 Å². The lowest BCUT2D eigenvalue weighted by Gasteiger charge is -2.13. The van der Waals surface area contributed by atoms with Crippen molar-refractivity contribution in [1.29, 1.82) is 0 Å². The molecule has 0 aromatic heterocycles. The molecular weight excluding hydrogens is 443 g/mol. The van der Waals surface area contributed by atoms with Crippen LogP contribution in [-0.2, 0) is 9.47 Å². The van der Waals surface area contributed by atoms with Crippen LogP contribution in [0.3, 0.4) is 0 Å². The van der Waals surface area contributed by atoms with Gasteiger partial charge in [-0.15, -0.1) is 0 Å². The Morgan fingerprint density at radius 3 is 2.38 bits per heavy atom. The Morgan fingerprint density at radius 1 is 1.24 bits per heavy atom. The van der Waals surface area contributed by atoms with E-state index in [1.165, 1.54) is 0 Å². The second-order valence-corrected chi connectivity index (χ2v) is 8.17. The van der Waals surface area contributed by atoms with Gasteiger partial charge in [0, 0.05) is 12.3 Å². The molecule has 0 aromatic rings. The average Bonchev–Trinajstić information content (AvgIpc) is 2.39. The van der Waals surface area contributed by atoms with Crippen molar-refractivity contribution >= 4 is 55.1 Å². The van der Waals surface area contributed by atoms with Gasteiger partial charge in [0.15, 0.2) is 3.92 Å². The first-order valence-electron chi connectivity index (χ1n) is 6.86. The first-order valence-corrected chi connectivity index (χ1v) is 9.45. The van der Waals surface area contributed by atoms with Crippen LogP contribution >= 0.6 is 55.1 Å². The number of allylic oxidation sites excluding steroid dienone is 4. The number of ether oxygens (including phenoxy) is 2. The third-order valence-electron chi connectivity index (χ3n) is 2.65. The van der Waals surface area contributed by atoms with Gasteiger partial charge in [0.05, 0.1) is 19.0 Å². The van der Waals surface area contributed by atoms with Gasteiger partial charge in [0.25, 0.3) is 0 Å². The fraction of sp³-hybridized carbons (Fsp3) is 0.600. The van der Waals surface area contributed by atoms with Crippen molar-refractivity contribution in [3.63, 3.8) is 0 Å². The summed E-state index contributed by atoms with van der Waals surface area (Å²) in [5.74, 6) is 1.07. The molecule has 0 aromatic carbocycles. The zero-order chi connectivity index (χ0) is 16.3. The molecule has 6 heteroatoms. The Balaban J connectivity index is 4.99. The van der Waals surface area contributed by atoms with Crippen LogP contribution in [-0.4, -0.2) is 17.1 Å². The lowest BCUT2D eigenvalue weighted by atomic mass is 9.99.